The fourth-order valence-electron chi connectivity index (χ4n) is 2.64. The van der Waals surface area contributed by atoms with E-state index in [4.69, 9.17) is 0 Å². The number of hydrogen-bond acceptors (Lipinski definition) is 1. The number of carbonyl (C=O) groups is 1. The summed E-state index contributed by atoms with van der Waals surface area (Å²) in [6, 6.07) is 9.93. The average molecular weight is 279 g/mol. The Hall–Kier alpha value is -2.19. The molecule has 0 spiro atoms. The van der Waals surface area contributed by atoms with Crippen molar-refractivity contribution in [3.05, 3.63) is 35.9 Å². The molecule has 1 saturated carbocycles. The normalized spacial score (nSPS) is 14.3. The van der Waals surface area contributed by atoms with Gasteiger partial charge in [0, 0.05) is 17.5 Å². The van der Waals surface area contributed by atoms with Crippen LogP contribution >= 0.6 is 0 Å². The van der Waals surface area contributed by atoms with E-state index in [2.05, 4.69) is 23.7 Å². The molecule has 108 valence electrons. The summed E-state index contributed by atoms with van der Waals surface area (Å²) in [7, 11) is 0. The van der Waals surface area contributed by atoms with Crippen molar-refractivity contribution in [3.63, 3.8) is 0 Å². The Morgan fingerprint density at radius 2 is 1.90 bits per heavy atom. The summed E-state index contributed by atoms with van der Waals surface area (Å²) in [4.78, 5) is 14.3. The molecule has 1 fully saturated rings. The zero-order valence-corrected chi connectivity index (χ0v) is 12.6. The van der Waals surface area contributed by atoms with Gasteiger partial charge in [-0.05, 0) is 31.9 Å². The number of hydrogen-bond donors (Lipinski definition) is 0. The van der Waals surface area contributed by atoms with Gasteiger partial charge in [-0.15, -0.1) is 5.92 Å². The number of carbonyl (C=O) groups excluding carboxylic acids is 1. The van der Waals surface area contributed by atoms with Crippen LogP contribution < -0.4 is 0 Å². The third-order valence-electron chi connectivity index (χ3n) is 3.79. The molecule has 0 heterocycles. The van der Waals surface area contributed by atoms with Crippen LogP contribution in [0.15, 0.2) is 30.3 Å². The first-order chi connectivity index (χ1) is 10.3. The maximum atomic E-state index is 12.4. The van der Waals surface area contributed by atoms with Gasteiger partial charge < -0.3 is 4.90 Å². The zero-order chi connectivity index (χ0) is 14.9. The van der Waals surface area contributed by atoms with Gasteiger partial charge in [-0.1, -0.05) is 49.3 Å². The van der Waals surface area contributed by atoms with E-state index < -0.39 is 0 Å². The Bertz CT molecular complexity index is 577. The SMILES string of the molecule is CC#CCN(C(=O)C#Cc1ccccc1)C1CCCCC1. The van der Waals surface area contributed by atoms with Gasteiger partial charge in [-0.3, -0.25) is 4.79 Å². The fraction of sp³-hybridized carbons (Fsp3) is 0.421. The van der Waals surface area contributed by atoms with Crippen LogP contribution in [-0.4, -0.2) is 23.4 Å². The first-order valence-electron chi connectivity index (χ1n) is 7.58. The lowest BCUT2D eigenvalue weighted by molar-refractivity contribution is -0.127. The predicted molar refractivity (Wildman–Crippen MR) is 85.4 cm³/mol. The minimum Gasteiger partial charge on any atom is -0.318 e. The topological polar surface area (TPSA) is 20.3 Å². The second-order valence-corrected chi connectivity index (χ2v) is 5.27. The summed E-state index contributed by atoms with van der Waals surface area (Å²) in [6.07, 6.45) is 5.81. The highest BCUT2D eigenvalue weighted by Gasteiger charge is 2.23. The van der Waals surface area contributed by atoms with Gasteiger partial charge in [0.05, 0.1) is 6.54 Å². The first-order valence-corrected chi connectivity index (χ1v) is 7.58. The maximum Gasteiger partial charge on any atom is 0.299 e. The van der Waals surface area contributed by atoms with Gasteiger partial charge in [0.2, 0.25) is 0 Å². The Kier molecular flexibility index (Phi) is 5.92. The smallest absolute Gasteiger partial charge is 0.299 e. The van der Waals surface area contributed by atoms with Crippen molar-refractivity contribution in [1.82, 2.24) is 4.90 Å². The molecule has 1 aromatic carbocycles. The Morgan fingerprint density at radius 1 is 1.19 bits per heavy atom. The molecule has 2 nitrogen and oxygen atoms in total. The quantitative estimate of drug-likeness (QED) is 0.761. The van der Waals surface area contributed by atoms with Gasteiger partial charge in [0.1, 0.15) is 0 Å². The molecule has 0 aliphatic heterocycles. The van der Waals surface area contributed by atoms with Gasteiger partial charge in [0.15, 0.2) is 0 Å². The predicted octanol–water partition coefficient (Wildman–Crippen LogP) is 3.22. The molecule has 0 bridgehead atoms. The zero-order valence-electron chi connectivity index (χ0n) is 12.6. The molecule has 1 aliphatic carbocycles. The molecule has 2 heteroatoms. The number of nitrogens with zero attached hydrogens (tertiary/aromatic N) is 1. The largest absolute Gasteiger partial charge is 0.318 e. The minimum atomic E-state index is -0.103. The molecule has 0 radical (unpaired) electrons. The van der Waals surface area contributed by atoms with E-state index in [1.165, 1.54) is 19.3 Å². The molecule has 0 saturated heterocycles. The number of rotatable bonds is 2. The van der Waals surface area contributed by atoms with Crippen LogP contribution in [0.2, 0.25) is 0 Å². The highest BCUT2D eigenvalue weighted by molar-refractivity contribution is 5.94. The Morgan fingerprint density at radius 3 is 2.57 bits per heavy atom. The van der Waals surface area contributed by atoms with Crippen LogP contribution in [0.4, 0.5) is 0 Å². The van der Waals surface area contributed by atoms with Crippen molar-refractivity contribution in [2.75, 3.05) is 6.54 Å². The minimum absolute atomic E-state index is 0.103. The molecule has 21 heavy (non-hydrogen) atoms. The van der Waals surface area contributed by atoms with Gasteiger partial charge in [-0.25, -0.2) is 0 Å². The molecule has 2 rings (SSSR count). The molecule has 0 unspecified atom stereocenters. The lowest BCUT2D eigenvalue weighted by Crippen LogP contribution is -2.41. The number of benzene rings is 1. The van der Waals surface area contributed by atoms with E-state index >= 15 is 0 Å². The van der Waals surface area contributed by atoms with Crippen LogP contribution in [0, 0.1) is 23.7 Å². The average Bonchev–Trinajstić information content (AvgIpc) is 2.55. The van der Waals surface area contributed by atoms with E-state index in [9.17, 15) is 4.79 Å². The molecule has 1 aromatic rings. The van der Waals surface area contributed by atoms with Crippen LogP contribution in [0.5, 0.6) is 0 Å². The summed E-state index contributed by atoms with van der Waals surface area (Å²) in [5, 5.41) is 0. The van der Waals surface area contributed by atoms with Crippen molar-refractivity contribution in [2.45, 2.75) is 45.1 Å². The lowest BCUT2D eigenvalue weighted by Gasteiger charge is -2.31. The number of amides is 1. The van der Waals surface area contributed by atoms with Crippen molar-refractivity contribution in [1.29, 1.82) is 0 Å². The van der Waals surface area contributed by atoms with E-state index in [0.29, 0.717) is 12.6 Å². The maximum absolute atomic E-state index is 12.4. The highest BCUT2D eigenvalue weighted by Crippen LogP contribution is 2.22. The fourth-order valence-corrected chi connectivity index (χ4v) is 2.64. The van der Waals surface area contributed by atoms with Crippen LogP contribution in [-0.2, 0) is 4.79 Å². The first kappa shape index (κ1) is 15.2. The van der Waals surface area contributed by atoms with Crippen LogP contribution in [0.3, 0.4) is 0 Å². The Labute approximate surface area is 127 Å². The Balaban J connectivity index is 2.09. The monoisotopic (exact) mass is 279 g/mol. The summed E-state index contributed by atoms with van der Waals surface area (Å²) >= 11 is 0. The third kappa shape index (κ3) is 4.69. The molecule has 0 N–H and O–H groups in total. The van der Waals surface area contributed by atoms with Crippen LogP contribution in [0.1, 0.15) is 44.6 Å². The lowest BCUT2D eigenvalue weighted by atomic mass is 9.94. The van der Waals surface area contributed by atoms with Crippen molar-refractivity contribution in [3.8, 4) is 23.7 Å². The standard InChI is InChI=1S/C19H21NO/c1-2-3-16-20(18-12-8-5-9-13-18)19(21)15-14-17-10-6-4-7-11-17/h4,6-7,10-11,18H,5,8-9,12-13,16H2,1H3. The molecule has 0 aromatic heterocycles. The van der Waals surface area contributed by atoms with E-state index in [-0.39, 0.29) is 5.91 Å². The molecular formula is C19H21NO. The van der Waals surface area contributed by atoms with Gasteiger partial charge >= 0.3 is 0 Å². The van der Waals surface area contributed by atoms with Crippen LogP contribution in [0.25, 0.3) is 0 Å². The van der Waals surface area contributed by atoms with Crippen molar-refractivity contribution < 1.29 is 4.79 Å². The second kappa shape index (κ2) is 8.18. The summed E-state index contributed by atoms with van der Waals surface area (Å²) in [6.45, 7) is 2.29. The summed E-state index contributed by atoms with van der Waals surface area (Å²) in [5.74, 6) is 11.5. The second-order valence-electron chi connectivity index (χ2n) is 5.27. The van der Waals surface area contributed by atoms with E-state index in [1.54, 1.807) is 6.92 Å². The van der Waals surface area contributed by atoms with Crippen molar-refractivity contribution in [2.24, 2.45) is 0 Å². The van der Waals surface area contributed by atoms with E-state index in [1.807, 2.05) is 35.2 Å². The highest BCUT2D eigenvalue weighted by atomic mass is 16.2. The molecular weight excluding hydrogens is 258 g/mol. The van der Waals surface area contributed by atoms with Gasteiger partial charge in [-0.2, -0.15) is 0 Å². The third-order valence-corrected chi connectivity index (χ3v) is 3.79. The molecule has 1 amide bonds. The van der Waals surface area contributed by atoms with Gasteiger partial charge in [0.25, 0.3) is 5.91 Å². The molecule has 1 aliphatic rings. The van der Waals surface area contributed by atoms with E-state index in [0.717, 1.165) is 18.4 Å². The summed E-state index contributed by atoms with van der Waals surface area (Å²) < 4.78 is 0. The molecule has 0 atom stereocenters. The van der Waals surface area contributed by atoms with Crippen molar-refractivity contribution >= 4 is 5.91 Å². The summed E-state index contributed by atoms with van der Waals surface area (Å²) in [5.41, 5.74) is 0.871.